The summed E-state index contributed by atoms with van der Waals surface area (Å²) in [6.45, 7) is 3.00. The van der Waals surface area contributed by atoms with Crippen LogP contribution in [0.5, 0.6) is 0 Å². The number of hydrogen-bond donors (Lipinski definition) is 1. The first-order valence-electron chi connectivity index (χ1n) is 11.2. The topological polar surface area (TPSA) is 118 Å². The van der Waals surface area contributed by atoms with E-state index in [9.17, 15) is 13.2 Å². The Morgan fingerprint density at radius 2 is 1.82 bits per heavy atom. The molecular weight excluding hydrogens is 458 g/mol. The van der Waals surface area contributed by atoms with Crippen molar-refractivity contribution in [1.29, 1.82) is 0 Å². The molecule has 2 aromatic heterocycles. The van der Waals surface area contributed by atoms with Crippen LogP contribution in [0.15, 0.2) is 58.2 Å². The third-order valence-electron chi connectivity index (χ3n) is 5.96. The van der Waals surface area contributed by atoms with E-state index in [0.717, 1.165) is 31.6 Å². The van der Waals surface area contributed by atoms with Gasteiger partial charge < -0.3 is 19.5 Å². The van der Waals surface area contributed by atoms with Gasteiger partial charge in [-0.25, -0.2) is 8.42 Å². The summed E-state index contributed by atoms with van der Waals surface area (Å²) in [5.74, 6) is -0.0677. The fourth-order valence-corrected chi connectivity index (χ4v) is 5.59. The number of amides is 1. The Morgan fingerprint density at radius 3 is 2.56 bits per heavy atom. The predicted octanol–water partition coefficient (Wildman–Crippen LogP) is 2.61. The van der Waals surface area contributed by atoms with Gasteiger partial charge in [0.15, 0.2) is 11.5 Å². The molecule has 2 saturated heterocycles. The summed E-state index contributed by atoms with van der Waals surface area (Å²) >= 11 is 0. The van der Waals surface area contributed by atoms with Crippen molar-refractivity contribution in [3.63, 3.8) is 0 Å². The minimum Gasteiger partial charge on any atom is -0.379 e. The standard InChI is InChI=1S/C23H25N5O5S/c29-23(20-15-22(33-26-20)17-4-3-7-24-16-17)25-19-14-18(5-6-21(19)27-8-1-2-9-27)34(30,31)28-10-12-32-13-11-28/h3-7,14-16H,1-2,8-13H2,(H,25,29). The van der Waals surface area contributed by atoms with Crippen LogP contribution in [-0.4, -0.2) is 68.2 Å². The molecule has 34 heavy (non-hydrogen) atoms. The Bertz CT molecular complexity index is 1270. The summed E-state index contributed by atoms with van der Waals surface area (Å²) in [5.41, 5.74) is 1.99. The molecule has 1 aromatic carbocycles. The lowest BCUT2D eigenvalue weighted by molar-refractivity contribution is 0.0730. The lowest BCUT2D eigenvalue weighted by Gasteiger charge is -2.27. The number of nitrogens with one attached hydrogen (secondary N) is 1. The number of pyridine rings is 1. The number of aromatic nitrogens is 2. The van der Waals surface area contributed by atoms with E-state index in [2.05, 4.69) is 20.4 Å². The van der Waals surface area contributed by atoms with E-state index < -0.39 is 15.9 Å². The van der Waals surface area contributed by atoms with E-state index >= 15 is 0 Å². The molecule has 10 nitrogen and oxygen atoms in total. The molecule has 0 saturated carbocycles. The summed E-state index contributed by atoms with van der Waals surface area (Å²) in [7, 11) is -3.71. The highest BCUT2D eigenvalue weighted by atomic mass is 32.2. The van der Waals surface area contributed by atoms with Gasteiger partial charge in [0.05, 0.1) is 29.5 Å². The smallest absolute Gasteiger partial charge is 0.277 e. The molecule has 0 atom stereocenters. The second kappa shape index (κ2) is 9.53. The Morgan fingerprint density at radius 1 is 1.03 bits per heavy atom. The van der Waals surface area contributed by atoms with Crippen molar-refractivity contribution in [2.24, 2.45) is 0 Å². The van der Waals surface area contributed by atoms with Crippen LogP contribution in [0.2, 0.25) is 0 Å². The Kier molecular flexibility index (Phi) is 6.31. The number of morpholine rings is 1. The number of hydrogen-bond acceptors (Lipinski definition) is 8. The van der Waals surface area contributed by atoms with E-state index in [0.29, 0.717) is 43.3 Å². The van der Waals surface area contributed by atoms with Crippen LogP contribution < -0.4 is 10.2 Å². The van der Waals surface area contributed by atoms with Crippen LogP contribution in [0, 0.1) is 0 Å². The second-order valence-corrected chi connectivity index (χ2v) is 10.1. The number of sulfonamides is 1. The van der Waals surface area contributed by atoms with Gasteiger partial charge in [0.2, 0.25) is 10.0 Å². The minimum atomic E-state index is -3.71. The normalized spacial score (nSPS) is 17.1. The third-order valence-corrected chi connectivity index (χ3v) is 7.85. The maximum atomic E-state index is 13.2. The molecule has 0 bridgehead atoms. The van der Waals surface area contributed by atoms with Crippen LogP contribution >= 0.6 is 0 Å². The molecule has 2 aliphatic heterocycles. The zero-order valence-corrected chi connectivity index (χ0v) is 19.3. The number of anilines is 2. The first kappa shape index (κ1) is 22.5. The molecule has 2 fully saturated rings. The maximum Gasteiger partial charge on any atom is 0.277 e. The molecule has 2 aliphatic rings. The van der Waals surface area contributed by atoms with E-state index in [1.807, 2.05) is 0 Å². The zero-order chi connectivity index (χ0) is 23.5. The summed E-state index contributed by atoms with van der Waals surface area (Å²) < 4.78 is 38.4. The predicted molar refractivity (Wildman–Crippen MR) is 125 cm³/mol. The van der Waals surface area contributed by atoms with Crippen molar-refractivity contribution < 1.29 is 22.5 Å². The average molecular weight is 484 g/mol. The molecular formula is C23H25N5O5S. The SMILES string of the molecule is O=C(Nc1cc(S(=O)(=O)N2CCOCC2)ccc1N1CCCC1)c1cc(-c2cccnc2)on1. The van der Waals surface area contributed by atoms with Gasteiger partial charge in [0, 0.05) is 50.2 Å². The minimum absolute atomic E-state index is 0.0904. The van der Waals surface area contributed by atoms with Crippen LogP contribution in [-0.2, 0) is 14.8 Å². The molecule has 0 aliphatic carbocycles. The quantitative estimate of drug-likeness (QED) is 0.569. The summed E-state index contributed by atoms with van der Waals surface area (Å²) in [5, 5.41) is 6.75. The Labute approximate surface area is 197 Å². The van der Waals surface area contributed by atoms with Crippen molar-refractivity contribution >= 4 is 27.3 Å². The molecule has 0 spiro atoms. The van der Waals surface area contributed by atoms with Gasteiger partial charge >= 0.3 is 0 Å². The second-order valence-electron chi connectivity index (χ2n) is 8.16. The van der Waals surface area contributed by atoms with Crippen molar-refractivity contribution in [3.8, 4) is 11.3 Å². The largest absolute Gasteiger partial charge is 0.379 e. The number of benzene rings is 1. The van der Waals surface area contributed by atoms with E-state index in [-0.39, 0.29) is 10.6 Å². The molecule has 1 amide bonds. The molecule has 4 heterocycles. The first-order chi connectivity index (χ1) is 16.5. The number of carbonyl (C=O) groups is 1. The molecule has 5 rings (SSSR count). The number of carbonyl (C=O) groups excluding carboxylic acids is 1. The van der Waals surface area contributed by atoms with E-state index in [4.69, 9.17) is 9.26 Å². The highest BCUT2D eigenvalue weighted by Crippen LogP contribution is 2.33. The average Bonchev–Trinajstić information content (AvgIpc) is 3.58. The van der Waals surface area contributed by atoms with E-state index in [1.54, 1.807) is 36.7 Å². The molecule has 178 valence electrons. The fraction of sp³-hybridized carbons (Fsp3) is 0.348. The van der Waals surface area contributed by atoms with Gasteiger partial charge in [-0.2, -0.15) is 4.31 Å². The maximum absolute atomic E-state index is 13.2. The summed E-state index contributed by atoms with van der Waals surface area (Å²) in [4.78, 5) is 19.4. The Hall–Kier alpha value is -3.28. The zero-order valence-electron chi connectivity index (χ0n) is 18.5. The van der Waals surface area contributed by atoms with Gasteiger partial charge in [-0.05, 0) is 43.2 Å². The van der Waals surface area contributed by atoms with Crippen molar-refractivity contribution in [2.45, 2.75) is 17.7 Å². The molecule has 1 N–H and O–H groups in total. The van der Waals surface area contributed by atoms with Gasteiger partial charge in [0.25, 0.3) is 5.91 Å². The Balaban J connectivity index is 1.44. The highest BCUT2D eigenvalue weighted by Gasteiger charge is 2.28. The number of nitrogens with zero attached hydrogens (tertiary/aromatic N) is 4. The van der Waals surface area contributed by atoms with Crippen LogP contribution in [0.25, 0.3) is 11.3 Å². The van der Waals surface area contributed by atoms with Crippen LogP contribution in [0.1, 0.15) is 23.3 Å². The first-order valence-corrected chi connectivity index (χ1v) is 12.6. The molecule has 0 unspecified atom stereocenters. The lowest BCUT2D eigenvalue weighted by atomic mass is 10.2. The van der Waals surface area contributed by atoms with Crippen molar-refractivity contribution in [3.05, 3.63) is 54.5 Å². The van der Waals surface area contributed by atoms with Gasteiger partial charge in [-0.3, -0.25) is 9.78 Å². The lowest BCUT2D eigenvalue weighted by Crippen LogP contribution is -2.40. The fourth-order valence-electron chi connectivity index (χ4n) is 4.16. The summed E-state index contributed by atoms with van der Waals surface area (Å²) in [6, 6.07) is 10.00. The van der Waals surface area contributed by atoms with Gasteiger partial charge in [0.1, 0.15) is 0 Å². The third kappa shape index (κ3) is 4.54. The highest BCUT2D eigenvalue weighted by molar-refractivity contribution is 7.89. The van der Waals surface area contributed by atoms with Crippen molar-refractivity contribution in [2.75, 3.05) is 49.6 Å². The van der Waals surface area contributed by atoms with Gasteiger partial charge in [-0.1, -0.05) is 5.16 Å². The summed E-state index contributed by atoms with van der Waals surface area (Å²) in [6.07, 6.45) is 5.34. The monoisotopic (exact) mass is 483 g/mol. The molecule has 3 aromatic rings. The molecule has 0 radical (unpaired) electrons. The van der Waals surface area contributed by atoms with Gasteiger partial charge in [-0.15, -0.1) is 0 Å². The number of ether oxygens (including phenoxy) is 1. The number of rotatable bonds is 6. The van der Waals surface area contributed by atoms with Crippen LogP contribution in [0.4, 0.5) is 11.4 Å². The van der Waals surface area contributed by atoms with Crippen molar-refractivity contribution in [1.82, 2.24) is 14.4 Å². The van der Waals surface area contributed by atoms with Crippen LogP contribution in [0.3, 0.4) is 0 Å². The van der Waals surface area contributed by atoms with E-state index in [1.165, 1.54) is 16.4 Å². The molecule has 11 heteroatoms.